The average molecular weight is 268 g/mol. The number of unbranched alkanes of at least 4 members (excludes halogenated alkanes) is 1. The van der Waals surface area contributed by atoms with Gasteiger partial charge in [0, 0.05) is 19.2 Å². The van der Waals surface area contributed by atoms with E-state index in [0.29, 0.717) is 10.4 Å². The molecule has 0 saturated carbocycles. The zero-order valence-electron chi connectivity index (χ0n) is 12.1. The molecule has 0 amide bonds. The molecule has 0 aliphatic carbocycles. The van der Waals surface area contributed by atoms with Gasteiger partial charge in [-0.3, -0.25) is 4.79 Å². The van der Waals surface area contributed by atoms with Crippen molar-refractivity contribution in [2.75, 3.05) is 39.1 Å². The van der Waals surface area contributed by atoms with E-state index < -0.39 is 0 Å². The highest BCUT2D eigenvalue weighted by molar-refractivity contribution is 7.71. The summed E-state index contributed by atoms with van der Waals surface area (Å²) in [5, 5.41) is 0. The van der Waals surface area contributed by atoms with Gasteiger partial charge in [-0.05, 0) is 39.4 Å². The summed E-state index contributed by atoms with van der Waals surface area (Å²) in [5.74, 6) is 0.342. The van der Waals surface area contributed by atoms with Crippen molar-refractivity contribution in [1.82, 2.24) is 4.90 Å². The quantitative estimate of drug-likeness (QED) is 0.560. The minimum absolute atomic E-state index is 0.0591. The molecule has 1 aromatic carbocycles. The summed E-state index contributed by atoms with van der Waals surface area (Å²) < 4.78 is 0.542. The van der Waals surface area contributed by atoms with Crippen LogP contribution < -0.4 is 10.3 Å². The van der Waals surface area contributed by atoms with E-state index in [-0.39, 0.29) is 5.43 Å². The van der Waals surface area contributed by atoms with Gasteiger partial charge < -0.3 is 9.80 Å². The van der Waals surface area contributed by atoms with Crippen LogP contribution in [0.25, 0.3) is 0 Å². The second-order valence-corrected chi connectivity index (χ2v) is 5.92. The van der Waals surface area contributed by atoms with Crippen LogP contribution in [0.4, 0.5) is 5.69 Å². The lowest BCUT2D eigenvalue weighted by Gasteiger charge is -2.26. The van der Waals surface area contributed by atoms with Gasteiger partial charge in [-0.25, -0.2) is 0 Å². The molecule has 1 aromatic rings. The Labute approximate surface area is 115 Å². The zero-order chi connectivity index (χ0) is 13.9. The summed E-state index contributed by atoms with van der Waals surface area (Å²) in [6.07, 6.45) is 2.25. The Morgan fingerprint density at radius 1 is 1.11 bits per heavy atom. The fraction of sp³-hybridized carbons (Fsp3) is 0.714. The fourth-order valence-corrected chi connectivity index (χ4v) is 2.63. The first-order chi connectivity index (χ1) is 8.36. The minimum atomic E-state index is 0.0591. The summed E-state index contributed by atoms with van der Waals surface area (Å²) >= 11 is 5.13. The van der Waals surface area contributed by atoms with E-state index in [0.717, 1.165) is 37.2 Å². The predicted molar refractivity (Wildman–Crippen MR) is 81.1 cm³/mol. The second-order valence-electron chi connectivity index (χ2n) is 5.51. The third-order valence-corrected chi connectivity index (χ3v) is 3.63. The van der Waals surface area contributed by atoms with Gasteiger partial charge in [0.25, 0.3) is 0 Å². The molecule has 0 heterocycles. The number of rotatable bonds is 7. The Balaban J connectivity index is 2.57. The summed E-state index contributed by atoms with van der Waals surface area (Å²) in [6.45, 7) is 6.20. The molecule has 0 saturated heterocycles. The molecule has 0 atom stereocenters. The SMILES string of the molecule is CC(C)c1c(N(C)CCCCN(C)C)c(=O)c1=S. The van der Waals surface area contributed by atoms with Crippen LogP contribution >= 0.6 is 12.2 Å². The van der Waals surface area contributed by atoms with Gasteiger partial charge in [-0.2, -0.15) is 0 Å². The second kappa shape index (κ2) is 6.43. The van der Waals surface area contributed by atoms with E-state index in [1.807, 2.05) is 7.05 Å². The van der Waals surface area contributed by atoms with Crippen LogP contribution in [0.2, 0.25) is 0 Å². The largest absolute Gasteiger partial charge is 0.371 e. The van der Waals surface area contributed by atoms with E-state index in [1.165, 1.54) is 0 Å². The molecule has 0 fully saturated rings. The number of nitrogens with zero attached hydrogens (tertiary/aromatic N) is 2. The van der Waals surface area contributed by atoms with Crippen LogP contribution in [0, 0.1) is 4.51 Å². The van der Waals surface area contributed by atoms with Crippen molar-refractivity contribution in [1.29, 1.82) is 0 Å². The molecule has 18 heavy (non-hydrogen) atoms. The van der Waals surface area contributed by atoms with E-state index in [9.17, 15) is 4.79 Å². The lowest BCUT2D eigenvalue weighted by molar-refractivity contribution is 0.395. The van der Waals surface area contributed by atoms with Crippen molar-refractivity contribution in [2.24, 2.45) is 0 Å². The van der Waals surface area contributed by atoms with Crippen LogP contribution in [0.5, 0.6) is 0 Å². The van der Waals surface area contributed by atoms with Crippen LogP contribution in [-0.4, -0.2) is 39.1 Å². The highest BCUT2D eigenvalue weighted by Crippen LogP contribution is 2.28. The Morgan fingerprint density at radius 2 is 1.67 bits per heavy atom. The minimum Gasteiger partial charge on any atom is -0.371 e. The molecule has 0 spiro atoms. The third kappa shape index (κ3) is 3.39. The van der Waals surface area contributed by atoms with E-state index in [4.69, 9.17) is 12.2 Å². The number of anilines is 1. The molecular weight excluding hydrogens is 244 g/mol. The Morgan fingerprint density at radius 3 is 2.17 bits per heavy atom. The maximum atomic E-state index is 11.8. The first-order valence-electron chi connectivity index (χ1n) is 6.55. The van der Waals surface area contributed by atoms with E-state index >= 15 is 0 Å². The van der Waals surface area contributed by atoms with Gasteiger partial charge in [0.2, 0.25) is 5.43 Å². The first-order valence-corrected chi connectivity index (χ1v) is 6.96. The van der Waals surface area contributed by atoms with E-state index in [1.54, 1.807) is 0 Å². The average Bonchev–Trinajstić information content (AvgIpc) is 2.28. The monoisotopic (exact) mass is 268 g/mol. The summed E-state index contributed by atoms with van der Waals surface area (Å²) in [5.41, 5.74) is 1.98. The smallest absolute Gasteiger partial charge is 0.220 e. The fourth-order valence-electron chi connectivity index (χ4n) is 2.20. The molecule has 1 rings (SSSR count). The Bertz CT molecular complexity index is 458. The lowest BCUT2D eigenvalue weighted by Crippen LogP contribution is -2.31. The molecule has 0 unspecified atom stereocenters. The van der Waals surface area contributed by atoms with Crippen molar-refractivity contribution in [3.8, 4) is 0 Å². The zero-order valence-corrected chi connectivity index (χ0v) is 12.9. The normalized spacial score (nSPS) is 11.7. The third-order valence-electron chi connectivity index (χ3n) is 3.23. The Hall–Kier alpha value is -0.740. The van der Waals surface area contributed by atoms with Gasteiger partial charge in [0.1, 0.15) is 0 Å². The standard InChI is InChI=1S/C14H24N2OS/c1-10(2)11-12(13(17)14(11)18)16(5)9-7-6-8-15(3)4/h10H,6-9H2,1-5H3. The molecule has 0 radical (unpaired) electrons. The highest BCUT2D eigenvalue weighted by atomic mass is 32.1. The molecule has 0 aliphatic heterocycles. The molecular formula is C14H24N2OS. The summed E-state index contributed by atoms with van der Waals surface area (Å²) in [4.78, 5) is 16.1. The van der Waals surface area contributed by atoms with Crippen molar-refractivity contribution in [3.05, 3.63) is 20.3 Å². The molecule has 0 N–H and O–H groups in total. The topological polar surface area (TPSA) is 23.6 Å². The molecule has 102 valence electrons. The molecule has 0 bridgehead atoms. The van der Waals surface area contributed by atoms with Gasteiger partial charge >= 0.3 is 0 Å². The van der Waals surface area contributed by atoms with Crippen molar-refractivity contribution >= 4 is 17.9 Å². The summed E-state index contributed by atoms with van der Waals surface area (Å²) in [6, 6.07) is 0. The lowest BCUT2D eigenvalue weighted by atomic mass is 9.96. The van der Waals surface area contributed by atoms with Crippen LogP contribution in [0.3, 0.4) is 0 Å². The van der Waals surface area contributed by atoms with Crippen LogP contribution in [0.15, 0.2) is 4.79 Å². The maximum Gasteiger partial charge on any atom is 0.220 e. The first kappa shape index (κ1) is 15.3. The van der Waals surface area contributed by atoms with Gasteiger partial charge in [0.05, 0.1) is 10.2 Å². The number of hydrogen-bond donors (Lipinski definition) is 0. The highest BCUT2D eigenvalue weighted by Gasteiger charge is 2.22. The summed E-state index contributed by atoms with van der Waals surface area (Å²) in [7, 11) is 6.15. The van der Waals surface area contributed by atoms with Gasteiger partial charge in [-0.15, -0.1) is 0 Å². The van der Waals surface area contributed by atoms with Crippen LogP contribution in [-0.2, 0) is 0 Å². The Kier molecular flexibility index (Phi) is 5.47. The molecule has 3 nitrogen and oxygen atoms in total. The molecule has 0 aliphatic rings. The van der Waals surface area contributed by atoms with Crippen LogP contribution in [0.1, 0.15) is 38.2 Å². The van der Waals surface area contributed by atoms with E-state index in [2.05, 4.69) is 37.7 Å². The molecule has 0 aromatic heterocycles. The predicted octanol–water partition coefficient (Wildman–Crippen LogP) is 2.55. The van der Waals surface area contributed by atoms with Crippen molar-refractivity contribution < 1.29 is 0 Å². The van der Waals surface area contributed by atoms with Crippen molar-refractivity contribution in [2.45, 2.75) is 32.6 Å². The number of hydrogen-bond acceptors (Lipinski definition) is 4. The maximum absolute atomic E-state index is 11.8. The van der Waals surface area contributed by atoms with Gasteiger partial charge in [0.15, 0.2) is 0 Å². The van der Waals surface area contributed by atoms with Gasteiger partial charge in [-0.1, -0.05) is 26.1 Å². The van der Waals surface area contributed by atoms with Crippen molar-refractivity contribution in [3.63, 3.8) is 0 Å². The molecule has 4 heteroatoms.